The number of aliphatic hydroxyl groups is 1. The summed E-state index contributed by atoms with van der Waals surface area (Å²) in [6, 6.07) is 7.97. The number of hydrogen-bond donors (Lipinski definition) is 1. The molecular weight excluding hydrogens is 382 g/mol. The molecule has 1 aromatic rings. The molecule has 2 aliphatic heterocycles. The van der Waals surface area contributed by atoms with Gasteiger partial charge in [0.05, 0.1) is 13.2 Å². The molecular formula is C19H25N3O7. The van der Waals surface area contributed by atoms with Crippen LogP contribution >= 0.6 is 0 Å². The van der Waals surface area contributed by atoms with Gasteiger partial charge in [-0.05, 0) is 31.9 Å². The van der Waals surface area contributed by atoms with Crippen LogP contribution in [0.2, 0.25) is 0 Å². The third kappa shape index (κ3) is 4.87. The van der Waals surface area contributed by atoms with Crippen molar-refractivity contribution in [2.45, 2.75) is 69.9 Å². The highest BCUT2D eigenvalue weighted by Gasteiger charge is 2.58. The fourth-order valence-corrected chi connectivity index (χ4v) is 3.45. The minimum atomic E-state index is -1.51. The Morgan fingerprint density at radius 3 is 2.72 bits per heavy atom. The Bertz CT molecular complexity index is 753. The van der Waals surface area contributed by atoms with Gasteiger partial charge in [0.15, 0.2) is 18.1 Å². The SMILES string of the molecule is CCOC(=O)[C@@H](N=[N+]=[N-])[C@@H](O)[C@H]1O[C@@H]2OC(C)(C)O[C@@H]2[C@H]1OCc1ccccc1. The van der Waals surface area contributed by atoms with Crippen LogP contribution in [0.1, 0.15) is 26.3 Å². The number of carbonyl (C=O) groups excluding carboxylic acids is 1. The monoisotopic (exact) mass is 407 g/mol. The molecule has 29 heavy (non-hydrogen) atoms. The van der Waals surface area contributed by atoms with Gasteiger partial charge in [-0.15, -0.1) is 0 Å². The highest BCUT2D eigenvalue weighted by molar-refractivity contribution is 5.76. The van der Waals surface area contributed by atoms with E-state index in [1.54, 1.807) is 20.8 Å². The average Bonchev–Trinajstić information content (AvgIpc) is 3.16. The van der Waals surface area contributed by atoms with Crippen LogP contribution in [0.5, 0.6) is 0 Å². The summed E-state index contributed by atoms with van der Waals surface area (Å²) >= 11 is 0. The van der Waals surface area contributed by atoms with E-state index in [9.17, 15) is 9.90 Å². The largest absolute Gasteiger partial charge is 0.466 e. The number of azide groups is 1. The van der Waals surface area contributed by atoms with Crippen molar-refractivity contribution >= 4 is 5.97 Å². The Kier molecular flexibility index (Phi) is 6.74. The molecule has 1 N–H and O–H groups in total. The van der Waals surface area contributed by atoms with E-state index in [1.807, 2.05) is 30.3 Å². The van der Waals surface area contributed by atoms with E-state index in [4.69, 9.17) is 29.2 Å². The molecule has 2 aliphatic rings. The normalized spacial score (nSPS) is 29.5. The Morgan fingerprint density at radius 2 is 2.07 bits per heavy atom. The summed E-state index contributed by atoms with van der Waals surface area (Å²) in [6.45, 7) is 5.42. The Morgan fingerprint density at radius 1 is 1.34 bits per heavy atom. The predicted octanol–water partition coefficient (Wildman–Crippen LogP) is 2.05. The van der Waals surface area contributed by atoms with Crippen molar-refractivity contribution in [1.82, 2.24) is 0 Å². The van der Waals surface area contributed by atoms with Crippen LogP contribution in [0, 0.1) is 0 Å². The number of carbonyl (C=O) groups is 1. The third-order valence-corrected chi connectivity index (χ3v) is 4.68. The first-order valence-electron chi connectivity index (χ1n) is 9.42. The Balaban J connectivity index is 1.80. The molecule has 0 saturated carbocycles. The maximum Gasteiger partial charge on any atom is 0.317 e. The van der Waals surface area contributed by atoms with Crippen LogP contribution in [0.3, 0.4) is 0 Å². The molecule has 3 rings (SSSR count). The zero-order valence-corrected chi connectivity index (χ0v) is 16.5. The second kappa shape index (κ2) is 9.08. The number of esters is 1. The molecule has 0 radical (unpaired) electrons. The van der Waals surface area contributed by atoms with Gasteiger partial charge in [-0.25, -0.2) is 0 Å². The molecule has 6 atom stereocenters. The summed E-state index contributed by atoms with van der Waals surface area (Å²) in [7, 11) is 0. The topological polar surface area (TPSA) is 132 Å². The molecule has 2 fully saturated rings. The van der Waals surface area contributed by atoms with E-state index in [1.165, 1.54) is 0 Å². The smallest absolute Gasteiger partial charge is 0.317 e. The molecule has 0 aliphatic carbocycles. The number of nitrogens with zero attached hydrogens (tertiary/aromatic N) is 3. The van der Waals surface area contributed by atoms with E-state index in [0.29, 0.717) is 0 Å². The third-order valence-electron chi connectivity index (χ3n) is 4.68. The van der Waals surface area contributed by atoms with Gasteiger partial charge in [-0.2, -0.15) is 0 Å². The Labute approximate surface area is 168 Å². The van der Waals surface area contributed by atoms with Crippen molar-refractivity contribution in [2.75, 3.05) is 6.61 Å². The van der Waals surface area contributed by atoms with Crippen LogP contribution in [0.15, 0.2) is 35.4 Å². The van der Waals surface area contributed by atoms with Crippen LogP contribution in [0.4, 0.5) is 0 Å². The van der Waals surface area contributed by atoms with Crippen molar-refractivity contribution in [1.29, 1.82) is 0 Å². The van der Waals surface area contributed by atoms with Crippen LogP contribution in [0.25, 0.3) is 10.4 Å². The standard InChI is InChI=1S/C19H25N3O7/c1-4-25-17(24)12(21-22-20)13(23)14-15(26-10-11-8-6-5-7-9-11)16-18(27-14)29-19(2,3)28-16/h5-9,12-16,18,23H,4,10H2,1-3H3/t12-,13+,14+,15-,16+,18+/m0/s1. The summed E-state index contributed by atoms with van der Waals surface area (Å²) in [5, 5.41) is 14.2. The first-order chi connectivity index (χ1) is 13.9. The molecule has 158 valence electrons. The summed E-state index contributed by atoms with van der Waals surface area (Å²) in [5.74, 6) is -1.73. The van der Waals surface area contributed by atoms with E-state index >= 15 is 0 Å². The van der Waals surface area contributed by atoms with Crippen molar-refractivity contribution in [3.63, 3.8) is 0 Å². The Hall–Kier alpha value is -2.20. The van der Waals surface area contributed by atoms with Gasteiger partial charge < -0.3 is 28.8 Å². The van der Waals surface area contributed by atoms with Gasteiger partial charge in [0.1, 0.15) is 24.4 Å². The van der Waals surface area contributed by atoms with Gasteiger partial charge >= 0.3 is 5.97 Å². The predicted molar refractivity (Wildman–Crippen MR) is 99.3 cm³/mol. The lowest BCUT2D eigenvalue weighted by atomic mass is 10.00. The molecule has 10 nitrogen and oxygen atoms in total. The second-order valence-corrected chi connectivity index (χ2v) is 7.22. The van der Waals surface area contributed by atoms with Crippen molar-refractivity contribution in [3.8, 4) is 0 Å². The zero-order valence-electron chi connectivity index (χ0n) is 16.5. The lowest BCUT2D eigenvalue weighted by Gasteiger charge is -2.30. The minimum absolute atomic E-state index is 0.0775. The molecule has 10 heteroatoms. The molecule has 0 spiro atoms. The molecule has 0 aromatic heterocycles. The van der Waals surface area contributed by atoms with Gasteiger partial charge in [0, 0.05) is 4.91 Å². The first kappa shape index (κ1) is 21.5. The highest BCUT2D eigenvalue weighted by atomic mass is 16.8. The summed E-state index contributed by atoms with van der Waals surface area (Å²) < 4.78 is 28.4. The van der Waals surface area contributed by atoms with E-state index in [2.05, 4.69) is 10.0 Å². The van der Waals surface area contributed by atoms with Crippen molar-refractivity contribution in [2.24, 2.45) is 5.11 Å². The molecule has 2 saturated heterocycles. The summed E-state index contributed by atoms with van der Waals surface area (Å²) in [5.41, 5.74) is 9.73. The van der Waals surface area contributed by atoms with Gasteiger partial charge in [0.2, 0.25) is 0 Å². The van der Waals surface area contributed by atoms with E-state index in [-0.39, 0.29) is 13.2 Å². The van der Waals surface area contributed by atoms with Crippen LogP contribution in [-0.2, 0) is 35.1 Å². The fraction of sp³-hybridized carbons (Fsp3) is 0.632. The van der Waals surface area contributed by atoms with Crippen molar-refractivity contribution < 1.29 is 33.6 Å². The number of benzene rings is 1. The van der Waals surface area contributed by atoms with E-state index < -0.39 is 48.5 Å². The average molecular weight is 407 g/mol. The fourth-order valence-electron chi connectivity index (χ4n) is 3.45. The second-order valence-electron chi connectivity index (χ2n) is 7.22. The molecule has 0 unspecified atom stereocenters. The number of fused-ring (bicyclic) bond motifs is 1. The number of rotatable bonds is 8. The number of hydrogen-bond acceptors (Lipinski definition) is 8. The van der Waals surface area contributed by atoms with E-state index in [0.717, 1.165) is 5.56 Å². The molecule has 0 amide bonds. The maximum absolute atomic E-state index is 12.2. The van der Waals surface area contributed by atoms with Crippen molar-refractivity contribution in [3.05, 3.63) is 46.3 Å². The zero-order chi connectivity index (χ0) is 21.0. The minimum Gasteiger partial charge on any atom is -0.466 e. The summed E-state index contributed by atoms with van der Waals surface area (Å²) in [4.78, 5) is 14.8. The summed E-state index contributed by atoms with van der Waals surface area (Å²) in [6.07, 6.45) is -4.71. The number of aliphatic hydroxyl groups excluding tert-OH is 1. The molecule has 1 aromatic carbocycles. The van der Waals surface area contributed by atoms with Gasteiger partial charge in [-0.1, -0.05) is 35.4 Å². The lowest BCUT2D eigenvalue weighted by Crippen LogP contribution is -2.49. The number of ether oxygens (including phenoxy) is 5. The molecule has 2 heterocycles. The molecule has 0 bridgehead atoms. The first-order valence-corrected chi connectivity index (χ1v) is 9.42. The van der Waals surface area contributed by atoms with Gasteiger partial charge in [-0.3, -0.25) is 4.79 Å². The maximum atomic E-state index is 12.2. The quantitative estimate of drug-likeness (QED) is 0.302. The van der Waals surface area contributed by atoms with Crippen LogP contribution in [-0.4, -0.2) is 60.2 Å². The van der Waals surface area contributed by atoms with Crippen LogP contribution < -0.4 is 0 Å². The lowest BCUT2D eigenvalue weighted by molar-refractivity contribution is -0.232. The van der Waals surface area contributed by atoms with Gasteiger partial charge in [0.25, 0.3) is 0 Å². The highest BCUT2D eigenvalue weighted by Crippen LogP contribution is 2.40.